The maximum atomic E-state index is 11.4. The molecule has 2 N–H and O–H groups in total. The Morgan fingerprint density at radius 2 is 2.22 bits per heavy atom. The zero-order valence-electron chi connectivity index (χ0n) is 10.6. The molecular weight excluding hydrogens is 234 g/mol. The summed E-state index contributed by atoms with van der Waals surface area (Å²) in [5, 5.41) is 0. The van der Waals surface area contributed by atoms with Gasteiger partial charge in [-0.15, -0.1) is 0 Å². The minimum absolute atomic E-state index is 0.147. The highest BCUT2D eigenvalue weighted by atomic mass is 16.5. The number of carbonyl (C=O) groups excluding carboxylic acids is 2. The Balaban J connectivity index is 2.91. The van der Waals surface area contributed by atoms with Gasteiger partial charge in [-0.25, -0.2) is 9.59 Å². The van der Waals surface area contributed by atoms with Crippen LogP contribution >= 0.6 is 0 Å². The zero-order chi connectivity index (χ0) is 13.5. The summed E-state index contributed by atoms with van der Waals surface area (Å²) in [4.78, 5) is 22.3. The molecule has 98 valence electrons. The smallest absolute Gasteiger partial charge is 0.335 e. The second-order valence-corrected chi connectivity index (χ2v) is 3.84. The molecule has 1 aliphatic rings. The standard InChI is InChI=1S/C13H17NO4/c1-3-4-7-18-11-6-5-9(13(16)17-2)12(14)10(11)8-15/h5-6,12H,3-4,7,14H2,1-2H3. The normalized spacial score (nSPS) is 18.6. The molecule has 0 amide bonds. The van der Waals surface area contributed by atoms with Crippen LogP contribution in [-0.2, 0) is 19.1 Å². The van der Waals surface area contributed by atoms with Gasteiger partial charge in [0.05, 0.1) is 30.9 Å². The lowest BCUT2D eigenvalue weighted by molar-refractivity contribution is -0.136. The van der Waals surface area contributed by atoms with Crippen molar-refractivity contribution in [3.8, 4) is 0 Å². The second-order valence-electron chi connectivity index (χ2n) is 3.84. The number of allylic oxidation sites excluding steroid dienone is 2. The number of hydrogen-bond donors (Lipinski definition) is 1. The molecule has 0 aromatic carbocycles. The first-order valence-electron chi connectivity index (χ1n) is 5.79. The third-order valence-corrected chi connectivity index (χ3v) is 2.61. The van der Waals surface area contributed by atoms with Crippen molar-refractivity contribution in [3.63, 3.8) is 0 Å². The van der Waals surface area contributed by atoms with Gasteiger partial charge in [-0.3, -0.25) is 0 Å². The summed E-state index contributed by atoms with van der Waals surface area (Å²) < 4.78 is 10.0. The largest absolute Gasteiger partial charge is 0.492 e. The van der Waals surface area contributed by atoms with Crippen LogP contribution in [0.4, 0.5) is 0 Å². The first kappa shape index (κ1) is 14.2. The van der Waals surface area contributed by atoms with E-state index in [-0.39, 0.29) is 11.1 Å². The molecule has 0 radical (unpaired) electrons. The molecule has 0 bridgehead atoms. The summed E-state index contributed by atoms with van der Waals surface area (Å²) in [6.07, 6.45) is 4.93. The van der Waals surface area contributed by atoms with E-state index in [0.717, 1.165) is 12.8 Å². The molecule has 5 nitrogen and oxygen atoms in total. The van der Waals surface area contributed by atoms with Crippen LogP contribution in [0.25, 0.3) is 0 Å². The lowest BCUT2D eigenvalue weighted by Crippen LogP contribution is -2.33. The molecule has 1 unspecified atom stereocenters. The van der Waals surface area contributed by atoms with Gasteiger partial charge in [-0.05, 0) is 18.6 Å². The molecule has 1 rings (SSSR count). The topological polar surface area (TPSA) is 78.6 Å². The maximum absolute atomic E-state index is 11.4. The molecule has 0 heterocycles. The van der Waals surface area contributed by atoms with E-state index in [4.69, 9.17) is 10.5 Å². The van der Waals surface area contributed by atoms with Gasteiger partial charge < -0.3 is 15.2 Å². The Bertz CT molecular complexity index is 430. The van der Waals surface area contributed by atoms with E-state index >= 15 is 0 Å². The molecule has 0 aromatic rings. The summed E-state index contributed by atoms with van der Waals surface area (Å²) in [6, 6.07) is -0.850. The molecule has 0 fully saturated rings. The molecule has 0 aromatic heterocycles. The number of rotatable bonds is 5. The highest BCUT2D eigenvalue weighted by molar-refractivity contribution is 5.93. The molecule has 1 aliphatic carbocycles. The second kappa shape index (κ2) is 6.79. The number of hydrogen-bond acceptors (Lipinski definition) is 5. The van der Waals surface area contributed by atoms with Gasteiger partial charge in [-0.2, -0.15) is 0 Å². The molecule has 5 heteroatoms. The fourth-order valence-corrected chi connectivity index (χ4v) is 1.55. The van der Waals surface area contributed by atoms with Crippen molar-refractivity contribution in [2.45, 2.75) is 25.8 Å². The van der Waals surface area contributed by atoms with Crippen molar-refractivity contribution < 1.29 is 19.1 Å². The van der Waals surface area contributed by atoms with E-state index in [1.807, 2.05) is 6.92 Å². The molecule has 1 atom stereocenters. The molecule has 0 aliphatic heterocycles. The van der Waals surface area contributed by atoms with Crippen LogP contribution in [0.2, 0.25) is 0 Å². The van der Waals surface area contributed by atoms with Crippen LogP contribution in [0.3, 0.4) is 0 Å². The Morgan fingerprint density at radius 1 is 1.50 bits per heavy atom. The summed E-state index contributed by atoms with van der Waals surface area (Å²) in [6.45, 7) is 2.54. The van der Waals surface area contributed by atoms with E-state index < -0.39 is 12.0 Å². The molecule has 18 heavy (non-hydrogen) atoms. The fourth-order valence-electron chi connectivity index (χ4n) is 1.55. The molecule has 0 spiro atoms. The van der Waals surface area contributed by atoms with Gasteiger partial charge in [0.25, 0.3) is 0 Å². The summed E-state index contributed by atoms with van der Waals surface area (Å²) in [7, 11) is 1.26. The van der Waals surface area contributed by atoms with Gasteiger partial charge >= 0.3 is 5.97 Å². The average molecular weight is 251 g/mol. The zero-order valence-corrected chi connectivity index (χ0v) is 10.6. The first-order valence-corrected chi connectivity index (χ1v) is 5.79. The van der Waals surface area contributed by atoms with E-state index in [1.54, 1.807) is 12.0 Å². The van der Waals surface area contributed by atoms with Crippen molar-refractivity contribution in [2.24, 2.45) is 5.73 Å². The van der Waals surface area contributed by atoms with E-state index in [9.17, 15) is 9.59 Å². The fraction of sp³-hybridized carbons (Fsp3) is 0.462. The molecule has 0 saturated heterocycles. The average Bonchev–Trinajstić information content (AvgIpc) is 2.38. The van der Waals surface area contributed by atoms with E-state index in [0.29, 0.717) is 12.4 Å². The summed E-state index contributed by atoms with van der Waals surface area (Å²) in [5.41, 5.74) is 6.18. The minimum Gasteiger partial charge on any atom is -0.492 e. The van der Waals surface area contributed by atoms with Crippen molar-refractivity contribution in [1.82, 2.24) is 0 Å². The van der Waals surface area contributed by atoms with Crippen LogP contribution < -0.4 is 5.73 Å². The summed E-state index contributed by atoms with van der Waals surface area (Å²) in [5.74, 6) is 1.56. The molecule has 0 saturated carbocycles. The lowest BCUT2D eigenvalue weighted by Gasteiger charge is -2.21. The monoisotopic (exact) mass is 251 g/mol. The lowest BCUT2D eigenvalue weighted by atomic mass is 9.94. The SMILES string of the molecule is CCCCOC1=CC=C(C(=O)OC)C(N)C1=C=O. The Labute approximate surface area is 106 Å². The third-order valence-electron chi connectivity index (χ3n) is 2.61. The van der Waals surface area contributed by atoms with E-state index in [1.165, 1.54) is 13.2 Å². The number of methoxy groups -OCH3 is 1. The quantitative estimate of drug-likeness (QED) is 0.446. The molecular formula is C13H17NO4. The number of unbranched alkanes of at least 4 members (excludes halogenated alkanes) is 1. The summed E-state index contributed by atoms with van der Waals surface area (Å²) >= 11 is 0. The van der Waals surface area contributed by atoms with Crippen LogP contribution in [0.15, 0.2) is 29.1 Å². The van der Waals surface area contributed by atoms with Crippen LogP contribution in [0, 0.1) is 0 Å². The third kappa shape index (κ3) is 3.09. The highest BCUT2D eigenvalue weighted by Crippen LogP contribution is 2.23. The number of esters is 1. The van der Waals surface area contributed by atoms with E-state index in [2.05, 4.69) is 4.74 Å². The van der Waals surface area contributed by atoms with Gasteiger partial charge in [0, 0.05) is 0 Å². The van der Waals surface area contributed by atoms with Crippen LogP contribution in [-0.4, -0.2) is 31.7 Å². The number of carbonyl (C=O) groups is 1. The van der Waals surface area contributed by atoms with Crippen molar-refractivity contribution in [1.29, 1.82) is 0 Å². The minimum atomic E-state index is -0.850. The van der Waals surface area contributed by atoms with Gasteiger partial charge in [0.2, 0.25) is 0 Å². The maximum Gasteiger partial charge on any atom is 0.335 e. The van der Waals surface area contributed by atoms with Crippen LogP contribution in [0.5, 0.6) is 0 Å². The van der Waals surface area contributed by atoms with Gasteiger partial charge in [0.15, 0.2) is 0 Å². The van der Waals surface area contributed by atoms with Gasteiger partial charge in [-0.1, -0.05) is 13.3 Å². The Morgan fingerprint density at radius 3 is 2.78 bits per heavy atom. The Kier molecular flexibility index (Phi) is 5.36. The van der Waals surface area contributed by atoms with Crippen molar-refractivity contribution in [2.75, 3.05) is 13.7 Å². The Hall–Kier alpha value is -1.84. The number of ether oxygens (including phenoxy) is 2. The predicted molar refractivity (Wildman–Crippen MR) is 66.2 cm³/mol. The van der Waals surface area contributed by atoms with Crippen molar-refractivity contribution in [3.05, 3.63) is 29.1 Å². The van der Waals surface area contributed by atoms with Gasteiger partial charge in [0.1, 0.15) is 11.7 Å². The highest BCUT2D eigenvalue weighted by Gasteiger charge is 2.28. The van der Waals surface area contributed by atoms with Crippen LogP contribution in [0.1, 0.15) is 19.8 Å². The first-order chi connectivity index (χ1) is 8.65. The number of nitrogens with two attached hydrogens (primary N) is 1. The van der Waals surface area contributed by atoms with Crippen molar-refractivity contribution >= 4 is 11.9 Å². The predicted octanol–water partition coefficient (Wildman–Crippen LogP) is 0.885.